The smallest absolute Gasteiger partial charge is 0.236 e. The summed E-state index contributed by atoms with van der Waals surface area (Å²) >= 11 is 3.38. The summed E-state index contributed by atoms with van der Waals surface area (Å²) in [7, 11) is 1.71. The van der Waals surface area contributed by atoms with E-state index in [0.29, 0.717) is 13.2 Å². The van der Waals surface area contributed by atoms with Gasteiger partial charge in [0.25, 0.3) is 0 Å². The van der Waals surface area contributed by atoms with Gasteiger partial charge in [0.2, 0.25) is 5.91 Å². The number of ether oxygens (including phenoxy) is 1. The van der Waals surface area contributed by atoms with Crippen LogP contribution in [0.4, 0.5) is 0 Å². The zero-order valence-corrected chi connectivity index (χ0v) is 10.7. The van der Waals surface area contributed by atoms with Crippen molar-refractivity contribution in [3.8, 4) is 5.75 Å². The molecule has 4 nitrogen and oxygen atoms in total. The molecule has 0 atom stereocenters. The molecule has 1 amide bonds. The maximum absolute atomic E-state index is 11.2. The third kappa shape index (κ3) is 3.83. The molecule has 1 aromatic carbocycles. The van der Waals surface area contributed by atoms with Crippen molar-refractivity contribution in [2.75, 3.05) is 26.7 Å². The maximum atomic E-state index is 11.2. The molecule has 88 valence electrons. The van der Waals surface area contributed by atoms with Gasteiger partial charge in [-0.05, 0) is 28.1 Å². The molecule has 0 unspecified atom stereocenters. The lowest BCUT2D eigenvalue weighted by Gasteiger charge is -2.16. The Morgan fingerprint density at radius 3 is 2.81 bits per heavy atom. The van der Waals surface area contributed by atoms with Crippen LogP contribution in [0.1, 0.15) is 0 Å². The predicted octanol–water partition coefficient (Wildman–Crippen LogP) is 1.25. The SMILES string of the molecule is CN(CCOc1ccccc1Br)C(=O)CN. The van der Waals surface area contributed by atoms with Gasteiger partial charge >= 0.3 is 0 Å². The van der Waals surface area contributed by atoms with Crippen molar-refractivity contribution in [1.29, 1.82) is 0 Å². The summed E-state index contributed by atoms with van der Waals surface area (Å²) in [5.41, 5.74) is 5.24. The van der Waals surface area contributed by atoms with Crippen LogP contribution in [-0.2, 0) is 4.79 Å². The third-order valence-electron chi connectivity index (χ3n) is 2.12. The van der Waals surface area contributed by atoms with E-state index in [1.54, 1.807) is 11.9 Å². The molecule has 0 aliphatic rings. The monoisotopic (exact) mass is 286 g/mol. The van der Waals surface area contributed by atoms with Crippen molar-refractivity contribution in [2.24, 2.45) is 5.73 Å². The normalized spacial score (nSPS) is 9.94. The van der Waals surface area contributed by atoms with Crippen molar-refractivity contribution in [1.82, 2.24) is 4.90 Å². The van der Waals surface area contributed by atoms with Crippen LogP contribution < -0.4 is 10.5 Å². The number of nitrogens with two attached hydrogens (primary N) is 1. The number of likely N-dealkylation sites (N-methyl/N-ethyl adjacent to an activating group) is 1. The lowest BCUT2D eigenvalue weighted by atomic mass is 10.3. The second-order valence-corrected chi connectivity index (χ2v) is 4.15. The highest BCUT2D eigenvalue weighted by molar-refractivity contribution is 9.10. The highest BCUT2D eigenvalue weighted by atomic mass is 79.9. The zero-order chi connectivity index (χ0) is 12.0. The molecule has 16 heavy (non-hydrogen) atoms. The van der Waals surface area contributed by atoms with Gasteiger partial charge in [0.1, 0.15) is 12.4 Å². The number of halogens is 1. The van der Waals surface area contributed by atoms with Crippen molar-refractivity contribution in [2.45, 2.75) is 0 Å². The predicted molar refractivity (Wildman–Crippen MR) is 66.3 cm³/mol. The first kappa shape index (κ1) is 13.0. The molecule has 2 N–H and O–H groups in total. The van der Waals surface area contributed by atoms with E-state index in [9.17, 15) is 4.79 Å². The Labute approximate surface area is 103 Å². The van der Waals surface area contributed by atoms with Crippen molar-refractivity contribution in [3.63, 3.8) is 0 Å². The first-order valence-corrected chi connectivity index (χ1v) is 5.76. The molecule has 0 fully saturated rings. The first-order chi connectivity index (χ1) is 7.65. The van der Waals surface area contributed by atoms with Gasteiger partial charge in [-0.25, -0.2) is 0 Å². The minimum absolute atomic E-state index is 0.0333. The van der Waals surface area contributed by atoms with Crippen LogP contribution >= 0.6 is 15.9 Å². The molecule has 0 saturated carbocycles. The van der Waals surface area contributed by atoms with Gasteiger partial charge in [-0.2, -0.15) is 0 Å². The van der Waals surface area contributed by atoms with E-state index in [1.165, 1.54) is 0 Å². The number of rotatable bonds is 5. The molecule has 0 aliphatic heterocycles. The Bertz CT molecular complexity index is 358. The molecule has 0 aliphatic carbocycles. The van der Waals surface area contributed by atoms with E-state index in [1.807, 2.05) is 24.3 Å². The highest BCUT2D eigenvalue weighted by Crippen LogP contribution is 2.23. The average Bonchev–Trinajstić information content (AvgIpc) is 2.30. The highest BCUT2D eigenvalue weighted by Gasteiger charge is 2.06. The van der Waals surface area contributed by atoms with E-state index in [0.717, 1.165) is 10.2 Å². The van der Waals surface area contributed by atoms with Gasteiger partial charge in [0.15, 0.2) is 0 Å². The van der Waals surface area contributed by atoms with Crippen LogP contribution in [0.15, 0.2) is 28.7 Å². The second kappa shape index (κ2) is 6.50. The summed E-state index contributed by atoms with van der Waals surface area (Å²) in [5.74, 6) is 0.687. The van der Waals surface area contributed by atoms with Crippen molar-refractivity contribution >= 4 is 21.8 Å². The molecule has 1 aromatic rings. The zero-order valence-electron chi connectivity index (χ0n) is 9.15. The minimum Gasteiger partial charge on any atom is -0.491 e. The lowest BCUT2D eigenvalue weighted by molar-refractivity contribution is -0.128. The second-order valence-electron chi connectivity index (χ2n) is 3.30. The molecule has 0 aromatic heterocycles. The number of para-hydroxylation sites is 1. The van der Waals surface area contributed by atoms with E-state index in [4.69, 9.17) is 10.5 Å². The number of amides is 1. The van der Waals surface area contributed by atoms with E-state index < -0.39 is 0 Å². The Kier molecular flexibility index (Phi) is 5.28. The van der Waals surface area contributed by atoms with E-state index in [-0.39, 0.29) is 12.5 Å². The number of nitrogens with zero attached hydrogens (tertiary/aromatic N) is 1. The Balaban J connectivity index is 2.36. The molecule has 1 rings (SSSR count). The van der Waals surface area contributed by atoms with Crippen molar-refractivity contribution in [3.05, 3.63) is 28.7 Å². The van der Waals surface area contributed by atoms with Crippen LogP contribution in [0.3, 0.4) is 0 Å². The van der Waals surface area contributed by atoms with Crippen LogP contribution in [0.5, 0.6) is 5.75 Å². The van der Waals surface area contributed by atoms with Crippen molar-refractivity contribution < 1.29 is 9.53 Å². The van der Waals surface area contributed by atoms with Gasteiger partial charge in [0, 0.05) is 7.05 Å². The standard InChI is InChI=1S/C11H15BrN2O2/c1-14(11(15)8-13)6-7-16-10-5-3-2-4-9(10)12/h2-5H,6-8,13H2,1H3. The Morgan fingerprint density at radius 1 is 1.50 bits per heavy atom. The number of hydrogen-bond acceptors (Lipinski definition) is 3. The van der Waals surface area contributed by atoms with Crippen LogP contribution in [-0.4, -0.2) is 37.6 Å². The van der Waals surface area contributed by atoms with Gasteiger partial charge in [-0.15, -0.1) is 0 Å². The molecule has 0 saturated heterocycles. The number of carbonyl (C=O) groups excluding carboxylic acids is 1. The van der Waals surface area contributed by atoms with Crippen LogP contribution in [0.25, 0.3) is 0 Å². The molecular formula is C11H15BrN2O2. The lowest BCUT2D eigenvalue weighted by Crippen LogP contribution is -2.35. The summed E-state index contributed by atoms with van der Waals surface area (Å²) in [6, 6.07) is 7.59. The summed E-state index contributed by atoms with van der Waals surface area (Å²) in [5, 5.41) is 0. The van der Waals surface area contributed by atoms with Crippen LogP contribution in [0.2, 0.25) is 0 Å². The fourth-order valence-electron chi connectivity index (χ4n) is 1.13. The number of benzene rings is 1. The first-order valence-electron chi connectivity index (χ1n) is 4.96. The minimum atomic E-state index is -0.0873. The van der Waals surface area contributed by atoms with E-state index >= 15 is 0 Å². The molecule has 0 radical (unpaired) electrons. The van der Waals surface area contributed by atoms with Gasteiger partial charge in [-0.3, -0.25) is 4.79 Å². The molecule has 5 heteroatoms. The molecule has 0 bridgehead atoms. The quantitative estimate of drug-likeness (QED) is 0.886. The Morgan fingerprint density at radius 2 is 2.19 bits per heavy atom. The van der Waals surface area contributed by atoms with Crippen LogP contribution in [0, 0.1) is 0 Å². The van der Waals surface area contributed by atoms with Gasteiger partial charge in [0.05, 0.1) is 17.6 Å². The fourth-order valence-corrected chi connectivity index (χ4v) is 1.53. The number of carbonyl (C=O) groups is 1. The Hall–Kier alpha value is -1.07. The summed E-state index contributed by atoms with van der Waals surface area (Å²) in [4.78, 5) is 12.7. The summed E-state index contributed by atoms with van der Waals surface area (Å²) in [6.45, 7) is 1.01. The largest absolute Gasteiger partial charge is 0.491 e. The van der Waals surface area contributed by atoms with Gasteiger partial charge < -0.3 is 15.4 Å². The summed E-state index contributed by atoms with van der Waals surface area (Å²) in [6.07, 6.45) is 0. The fraction of sp³-hybridized carbons (Fsp3) is 0.364. The third-order valence-corrected chi connectivity index (χ3v) is 2.78. The van der Waals surface area contributed by atoms with E-state index in [2.05, 4.69) is 15.9 Å². The topological polar surface area (TPSA) is 55.6 Å². The summed E-state index contributed by atoms with van der Waals surface area (Å²) < 4.78 is 6.43. The van der Waals surface area contributed by atoms with Gasteiger partial charge in [-0.1, -0.05) is 12.1 Å². The molecule has 0 spiro atoms. The average molecular weight is 287 g/mol. The molecule has 0 heterocycles. The number of hydrogen-bond donors (Lipinski definition) is 1. The maximum Gasteiger partial charge on any atom is 0.236 e. The molecular weight excluding hydrogens is 272 g/mol.